The lowest BCUT2D eigenvalue weighted by Crippen LogP contribution is -2.08. The minimum atomic E-state index is -0.320. The minimum absolute atomic E-state index is 0.320. The van der Waals surface area contributed by atoms with Crippen molar-refractivity contribution in [3.8, 4) is 0 Å². The molecule has 6 heteroatoms. The van der Waals surface area contributed by atoms with Gasteiger partial charge in [0.05, 0.1) is 5.69 Å². The van der Waals surface area contributed by atoms with Gasteiger partial charge in [0.15, 0.2) is 0 Å². The van der Waals surface area contributed by atoms with Crippen molar-refractivity contribution in [1.82, 2.24) is 9.97 Å². The fourth-order valence-electron chi connectivity index (χ4n) is 1.98. The second-order valence-corrected chi connectivity index (χ2v) is 5.63. The highest BCUT2D eigenvalue weighted by Gasteiger charge is 2.12. The lowest BCUT2D eigenvalue weighted by Gasteiger charge is -2.14. The van der Waals surface area contributed by atoms with Crippen LogP contribution >= 0.6 is 15.9 Å². The van der Waals surface area contributed by atoms with Crippen molar-refractivity contribution in [3.05, 3.63) is 39.9 Å². The van der Waals surface area contributed by atoms with Crippen LogP contribution in [0.1, 0.15) is 24.7 Å². The van der Waals surface area contributed by atoms with Gasteiger partial charge < -0.3 is 10.6 Å². The van der Waals surface area contributed by atoms with Gasteiger partial charge in [-0.2, -0.15) is 0 Å². The van der Waals surface area contributed by atoms with Crippen molar-refractivity contribution in [2.24, 2.45) is 0 Å². The van der Waals surface area contributed by atoms with Crippen molar-refractivity contribution < 1.29 is 4.39 Å². The van der Waals surface area contributed by atoms with Gasteiger partial charge in [-0.15, -0.1) is 0 Å². The predicted octanol–water partition coefficient (Wildman–Crippen LogP) is 4.42. The summed E-state index contributed by atoms with van der Waals surface area (Å²) in [6, 6.07) is 4.76. The molecule has 0 radical (unpaired) electrons. The van der Waals surface area contributed by atoms with Crippen LogP contribution in [0, 0.1) is 12.7 Å². The monoisotopic (exact) mass is 352 g/mol. The number of nitrogens with one attached hydrogen (secondary N) is 2. The Balaban J connectivity index is 2.42. The lowest BCUT2D eigenvalue weighted by molar-refractivity contribution is 0.631. The first kappa shape index (κ1) is 15.7. The average Bonchev–Trinajstić information content (AvgIpc) is 2.46. The van der Waals surface area contributed by atoms with Crippen molar-refractivity contribution in [1.29, 1.82) is 0 Å². The quantitative estimate of drug-likeness (QED) is 0.835. The van der Waals surface area contributed by atoms with Crippen LogP contribution in [0.3, 0.4) is 0 Å². The van der Waals surface area contributed by atoms with E-state index in [9.17, 15) is 4.39 Å². The molecule has 21 heavy (non-hydrogen) atoms. The first-order valence-corrected chi connectivity index (χ1v) is 7.61. The van der Waals surface area contributed by atoms with Crippen LogP contribution < -0.4 is 10.6 Å². The molecule has 1 aromatic heterocycles. The van der Waals surface area contributed by atoms with Crippen molar-refractivity contribution in [2.75, 3.05) is 17.7 Å². The largest absolute Gasteiger partial charge is 0.373 e. The predicted molar refractivity (Wildman–Crippen MR) is 87.7 cm³/mol. The minimum Gasteiger partial charge on any atom is -0.373 e. The fourth-order valence-corrected chi connectivity index (χ4v) is 2.35. The SMILES string of the molecule is CCCc1nc(NC)c(C)c(Nc2cc(Br)ccc2F)n1. The first-order valence-electron chi connectivity index (χ1n) is 6.82. The molecular weight excluding hydrogens is 335 g/mol. The van der Waals surface area contributed by atoms with Gasteiger partial charge in [0, 0.05) is 23.5 Å². The number of aryl methyl sites for hydroxylation is 1. The van der Waals surface area contributed by atoms with Crippen molar-refractivity contribution in [3.63, 3.8) is 0 Å². The number of hydrogen-bond donors (Lipinski definition) is 2. The second kappa shape index (κ2) is 6.85. The van der Waals surface area contributed by atoms with Crippen LogP contribution in [-0.4, -0.2) is 17.0 Å². The fraction of sp³-hybridized carbons (Fsp3) is 0.333. The summed E-state index contributed by atoms with van der Waals surface area (Å²) in [5.74, 6) is 1.80. The molecule has 112 valence electrons. The highest BCUT2D eigenvalue weighted by Crippen LogP contribution is 2.27. The summed E-state index contributed by atoms with van der Waals surface area (Å²) in [4.78, 5) is 8.95. The number of rotatable bonds is 5. The number of aromatic nitrogens is 2. The van der Waals surface area contributed by atoms with Gasteiger partial charge in [0.1, 0.15) is 23.3 Å². The number of nitrogens with zero attached hydrogens (tertiary/aromatic N) is 2. The van der Waals surface area contributed by atoms with Crippen LogP contribution in [0.25, 0.3) is 0 Å². The second-order valence-electron chi connectivity index (χ2n) is 4.71. The Morgan fingerprint density at radius 2 is 1.95 bits per heavy atom. The Labute approximate surface area is 132 Å². The molecule has 0 aliphatic heterocycles. The molecule has 0 aliphatic carbocycles. The third-order valence-electron chi connectivity index (χ3n) is 3.08. The topological polar surface area (TPSA) is 49.8 Å². The first-order chi connectivity index (χ1) is 10.0. The number of benzene rings is 1. The van der Waals surface area contributed by atoms with Crippen LogP contribution in [-0.2, 0) is 6.42 Å². The van der Waals surface area contributed by atoms with E-state index in [0.717, 1.165) is 34.5 Å². The average molecular weight is 353 g/mol. The van der Waals surface area contributed by atoms with Crippen LogP contribution in [0.2, 0.25) is 0 Å². The molecule has 2 aromatic rings. The van der Waals surface area contributed by atoms with Gasteiger partial charge >= 0.3 is 0 Å². The molecule has 1 aromatic carbocycles. The maximum absolute atomic E-state index is 13.9. The zero-order valence-electron chi connectivity index (χ0n) is 12.3. The third kappa shape index (κ3) is 3.69. The molecular formula is C15H18BrFN4. The van der Waals surface area contributed by atoms with Gasteiger partial charge in [-0.25, -0.2) is 14.4 Å². The summed E-state index contributed by atoms with van der Waals surface area (Å²) in [6.07, 6.45) is 1.74. The van der Waals surface area contributed by atoms with Gasteiger partial charge in [0.2, 0.25) is 0 Å². The Morgan fingerprint density at radius 1 is 1.24 bits per heavy atom. The van der Waals surface area contributed by atoms with Gasteiger partial charge in [-0.1, -0.05) is 22.9 Å². The summed E-state index contributed by atoms with van der Waals surface area (Å²) < 4.78 is 14.7. The highest BCUT2D eigenvalue weighted by molar-refractivity contribution is 9.10. The molecule has 0 aliphatic rings. The molecule has 4 nitrogen and oxygen atoms in total. The summed E-state index contributed by atoms with van der Waals surface area (Å²) in [5, 5.41) is 6.11. The van der Waals surface area contributed by atoms with Gasteiger partial charge in [0.25, 0.3) is 0 Å². The van der Waals surface area contributed by atoms with E-state index in [1.54, 1.807) is 12.1 Å². The van der Waals surface area contributed by atoms with Crippen molar-refractivity contribution in [2.45, 2.75) is 26.7 Å². The molecule has 0 fully saturated rings. The van der Waals surface area contributed by atoms with Gasteiger partial charge in [-0.3, -0.25) is 0 Å². The molecule has 2 N–H and O–H groups in total. The number of halogens is 2. The summed E-state index contributed by atoms with van der Waals surface area (Å²) in [7, 11) is 1.81. The molecule has 0 spiro atoms. The molecule has 0 saturated carbocycles. The molecule has 0 unspecified atom stereocenters. The maximum atomic E-state index is 13.9. The standard InChI is InChI=1S/C15H18BrFN4/c1-4-5-13-20-14(18-3)9(2)15(21-13)19-12-8-10(16)6-7-11(12)17/h6-8H,4-5H2,1-3H3,(H2,18,19,20,21). The van der Waals surface area contributed by atoms with E-state index in [-0.39, 0.29) is 5.82 Å². The van der Waals surface area contributed by atoms with Crippen LogP contribution in [0.5, 0.6) is 0 Å². The van der Waals surface area contributed by atoms with Crippen LogP contribution in [0.15, 0.2) is 22.7 Å². The number of hydrogen-bond acceptors (Lipinski definition) is 4. The summed E-state index contributed by atoms with van der Waals surface area (Å²) in [5.41, 5.74) is 1.24. The zero-order chi connectivity index (χ0) is 15.4. The molecule has 0 amide bonds. The van der Waals surface area contributed by atoms with E-state index in [1.807, 2.05) is 14.0 Å². The Bertz CT molecular complexity index is 646. The van der Waals surface area contributed by atoms with E-state index in [0.29, 0.717) is 11.5 Å². The maximum Gasteiger partial charge on any atom is 0.146 e. The van der Waals surface area contributed by atoms with E-state index in [4.69, 9.17) is 0 Å². The normalized spacial score (nSPS) is 10.5. The van der Waals surface area contributed by atoms with Gasteiger partial charge in [-0.05, 0) is 31.5 Å². The van der Waals surface area contributed by atoms with E-state index in [1.165, 1.54) is 6.07 Å². The molecule has 0 bridgehead atoms. The van der Waals surface area contributed by atoms with E-state index >= 15 is 0 Å². The van der Waals surface area contributed by atoms with E-state index < -0.39 is 0 Å². The smallest absolute Gasteiger partial charge is 0.146 e. The number of anilines is 3. The summed E-state index contributed by atoms with van der Waals surface area (Å²) in [6.45, 7) is 3.98. The molecule has 0 saturated heterocycles. The Morgan fingerprint density at radius 3 is 2.62 bits per heavy atom. The molecule has 0 atom stereocenters. The Kier molecular flexibility index (Phi) is 5.12. The van der Waals surface area contributed by atoms with Crippen molar-refractivity contribution >= 4 is 33.3 Å². The molecule has 2 rings (SSSR count). The Hall–Kier alpha value is -1.69. The van der Waals surface area contributed by atoms with E-state index in [2.05, 4.69) is 43.5 Å². The van der Waals surface area contributed by atoms with Crippen LogP contribution in [0.4, 0.5) is 21.7 Å². The summed E-state index contributed by atoms with van der Waals surface area (Å²) >= 11 is 3.34. The highest BCUT2D eigenvalue weighted by atomic mass is 79.9. The third-order valence-corrected chi connectivity index (χ3v) is 3.58. The lowest BCUT2D eigenvalue weighted by atomic mass is 10.2. The molecule has 1 heterocycles. The zero-order valence-corrected chi connectivity index (χ0v) is 13.9.